The minimum absolute atomic E-state index is 0.0611. The quantitative estimate of drug-likeness (QED) is 0.0245. The number of likely N-dealkylation sites (N-methyl/N-ethyl adjacent to an activating group) is 1. The van der Waals surface area contributed by atoms with E-state index in [1.165, 1.54) is 148 Å². The minimum Gasteiger partial charge on any atom is -0.387 e. The van der Waals surface area contributed by atoms with Crippen molar-refractivity contribution in [2.45, 2.75) is 231 Å². The average Bonchev–Trinajstić information content (AvgIpc) is 3.15. The van der Waals surface area contributed by atoms with Crippen LogP contribution in [0, 0.1) is 0 Å². The maximum absolute atomic E-state index is 12.9. The zero-order chi connectivity index (χ0) is 41.4. The molecule has 0 aliphatic carbocycles. The number of hydrogen-bond donors (Lipinski definition) is 3. The van der Waals surface area contributed by atoms with Crippen molar-refractivity contribution in [1.82, 2.24) is 5.32 Å². The lowest BCUT2D eigenvalue weighted by Gasteiger charge is -2.25. The highest BCUT2D eigenvalue weighted by atomic mass is 31.2. The number of phosphoric ester groups is 1. The van der Waals surface area contributed by atoms with Gasteiger partial charge < -0.3 is 19.8 Å². The molecule has 0 aromatic rings. The zero-order valence-corrected chi connectivity index (χ0v) is 38.5. The first-order chi connectivity index (χ1) is 27.0. The molecule has 0 aromatic heterocycles. The highest BCUT2D eigenvalue weighted by molar-refractivity contribution is 7.47. The summed E-state index contributed by atoms with van der Waals surface area (Å²) in [5.41, 5.74) is 0. The topological polar surface area (TPSA) is 105 Å². The van der Waals surface area contributed by atoms with E-state index < -0.39 is 20.0 Å². The fourth-order valence-electron chi connectivity index (χ4n) is 6.86. The van der Waals surface area contributed by atoms with Crippen LogP contribution in [-0.4, -0.2) is 73.4 Å². The Balaban J connectivity index is 4.38. The minimum atomic E-state index is -4.34. The first-order valence-electron chi connectivity index (χ1n) is 23.7. The molecule has 8 nitrogen and oxygen atoms in total. The van der Waals surface area contributed by atoms with Gasteiger partial charge in [-0.25, -0.2) is 4.57 Å². The Labute approximate surface area is 347 Å². The van der Waals surface area contributed by atoms with E-state index >= 15 is 0 Å². The van der Waals surface area contributed by atoms with Crippen LogP contribution in [0.2, 0.25) is 0 Å². The van der Waals surface area contributed by atoms with Gasteiger partial charge in [-0.1, -0.05) is 192 Å². The van der Waals surface area contributed by atoms with Gasteiger partial charge >= 0.3 is 7.82 Å². The van der Waals surface area contributed by atoms with E-state index in [1.807, 2.05) is 27.2 Å². The summed E-state index contributed by atoms with van der Waals surface area (Å²) in [4.78, 5) is 23.1. The first-order valence-corrected chi connectivity index (χ1v) is 25.2. The summed E-state index contributed by atoms with van der Waals surface area (Å²) in [5.74, 6) is -0.185. The van der Waals surface area contributed by atoms with Crippen LogP contribution in [0.4, 0.5) is 0 Å². The third kappa shape index (κ3) is 41.2. The van der Waals surface area contributed by atoms with Crippen LogP contribution in [0.5, 0.6) is 0 Å². The Bertz CT molecular complexity index is 969. The van der Waals surface area contributed by atoms with Crippen LogP contribution >= 0.6 is 7.82 Å². The number of nitrogens with zero attached hydrogens (tertiary/aromatic N) is 1. The second-order valence-corrected chi connectivity index (χ2v) is 18.9. The van der Waals surface area contributed by atoms with E-state index in [9.17, 15) is 19.4 Å². The molecule has 0 aliphatic heterocycles. The molecule has 332 valence electrons. The second kappa shape index (κ2) is 39.4. The lowest BCUT2D eigenvalue weighted by Crippen LogP contribution is -2.45. The Morgan fingerprint density at radius 2 is 0.964 bits per heavy atom. The number of amides is 1. The number of hydrogen-bond acceptors (Lipinski definition) is 5. The Hall–Kier alpha value is -1.02. The molecular formula is C47H94N2O6P+. The maximum Gasteiger partial charge on any atom is 0.472 e. The number of aliphatic hydroxyl groups is 1. The Morgan fingerprint density at radius 1 is 0.589 bits per heavy atom. The van der Waals surface area contributed by atoms with E-state index in [-0.39, 0.29) is 19.1 Å². The van der Waals surface area contributed by atoms with Crippen molar-refractivity contribution in [2.75, 3.05) is 40.9 Å². The van der Waals surface area contributed by atoms with Crippen molar-refractivity contribution < 1.29 is 32.9 Å². The van der Waals surface area contributed by atoms with E-state index in [2.05, 4.69) is 31.3 Å². The number of unbranched alkanes of at least 4 members (excludes halogenated alkanes) is 28. The van der Waals surface area contributed by atoms with Gasteiger partial charge in [-0.15, -0.1) is 0 Å². The van der Waals surface area contributed by atoms with Gasteiger partial charge in [-0.2, -0.15) is 0 Å². The van der Waals surface area contributed by atoms with Crippen molar-refractivity contribution in [2.24, 2.45) is 0 Å². The largest absolute Gasteiger partial charge is 0.472 e. The van der Waals surface area contributed by atoms with Crippen molar-refractivity contribution in [3.05, 3.63) is 24.3 Å². The zero-order valence-electron chi connectivity index (χ0n) is 37.6. The number of carbonyl (C=O) groups is 1. The van der Waals surface area contributed by atoms with Crippen LogP contribution in [0.3, 0.4) is 0 Å². The molecule has 0 aliphatic rings. The molecule has 0 bridgehead atoms. The number of rotatable bonds is 43. The summed E-state index contributed by atoms with van der Waals surface area (Å²) in [7, 11) is 1.57. The van der Waals surface area contributed by atoms with Crippen molar-refractivity contribution >= 4 is 13.7 Å². The predicted molar refractivity (Wildman–Crippen MR) is 240 cm³/mol. The summed E-state index contributed by atoms with van der Waals surface area (Å²) in [5, 5.41) is 13.8. The van der Waals surface area contributed by atoms with Gasteiger partial charge in [0, 0.05) is 6.42 Å². The van der Waals surface area contributed by atoms with E-state index in [4.69, 9.17) is 9.05 Å². The lowest BCUT2D eigenvalue weighted by molar-refractivity contribution is -0.870. The fraction of sp³-hybridized carbons (Fsp3) is 0.894. The van der Waals surface area contributed by atoms with Crippen LogP contribution < -0.4 is 5.32 Å². The van der Waals surface area contributed by atoms with Crippen molar-refractivity contribution in [3.8, 4) is 0 Å². The van der Waals surface area contributed by atoms with Gasteiger partial charge in [0.1, 0.15) is 13.2 Å². The molecule has 0 heterocycles. The van der Waals surface area contributed by atoms with Gasteiger partial charge in [0.05, 0.1) is 39.9 Å². The molecule has 0 radical (unpaired) electrons. The highest BCUT2D eigenvalue weighted by Gasteiger charge is 2.27. The molecule has 9 heteroatoms. The highest BCUT2D eigenvalue weighted by Crippen LogP contribution is 2.43. The normalized spacial score (nSPS) is 14.5. The third-order valence-electron chi connectivity index (χ3n) is 10.7. The van der Waals surface area contributed by atoms with Gasteiger partial charge in [0.25, 0.3) is 0 Å². The standard InChI is InChI=1S/C47H93N2O6P/c1-6-8-10-12-14-16-18-20-22-23-24-25-27-28-30-32-34-36-38-40-46(50)45(44-55-56(52,53)54-43-42-49(3,4)5)48-47(51)41-39-37-35-33-31-29-26-21-19-17-15-13-11-9-7-2/h21,26,38,40,45-46,50H,6-20,22-25,27-37,39,41-44H2,1-5H3,(H-,48,51,52,53)/p+1/b26-21-,40-38+. The molecule has 1 amide bonds. The number of quaternary nitrogens is 1. The molecule has 0 spiro atoms. The smallest absolute Gasteiger partial charge is 0.387 e. The van der Waals surface area contributed by atoms with Crippen LogP contribution in [-0.2, 0) is 18.4 Å². The van der Waals surface area contributed by atoms with Crippen LogP contribution in [0.1, 0.15) is 219 Å². The summed E-state index contributed by atoms with van der Waals surface area (Å²) in [6.07, 6.45) is 46.7. The van der Waals surface area contributed by atoms with Gasteiger partial charge in [-0.05, 0) is 44.9 Å². The molecule has 0 aromatic carbocycles. The summed E-state index contributed by atoms with van der Waals surface area (Å²) < 4.78 is 23.6. The molecule has 56 heavy (non-hydrogen) atoms. The molecule has 3 unspecified atom stereocenters. The third-order valence-corrected chi connectivity index (χ3v) is 11.6. The number of allylic oxidation sites excluding steroid dienone is 3. The molecular weight excluding hydrogens is 719 g/mol. The molecule has 0 saturated carbocycles. The molecule has 0 saturated heterocycles. The van der Waals surface area contributed by atoms with Crippen molar-refractivity contribution in [1.29, 1.82) is 0 Å². The molecule has 3 atom stereocenters. The maximum atomic E-state index is 12.9. The SMILES string of the molecule is CCCCCCCC/C=C\CCCCCCCC(=O)NC(COP(=O)(O)OCC[N+](C)(C)C)C(O)/C=C/CCCCCCCCCCCCCCCCCCC. The molecule has 0 rings (SSSR count). The van der Waals surface area contributed by atoms with Gasteiger partial charge in [-0.3, -0.25) is 13.8 Å². The van der Waals surface area contributed by atoms with E-state index in [1.54, 1.807) is 6.08 Å². The number of phosphoric acid groups is 1. The lowest BCUT2D eigenvalue weighted by atomic mass is 10.0. The predicted octanol–water partition coefficient (Wildman–Crippen LogP) is 13.3. The summed E-state index contributed by atoms with van der Waals surface area (Å²) in [6, 6.07) is -0.847. The van der Waals surface area contributed by atoms with Gasteiger partial charge in [0.15, 0.2) is 0 Å². The summed E-state index contributed by atoms with van der Waals surface area (Å²) in [6.45, 7) is 4.81. The van der Waals surface area contributed by atoms with Crippen LogP contribution in [0.15, 0.2) is 24.3 Å². The van der Waals surface area contributed by atoms with Crippen LogP contribution in [0.25, 0.3) is 0 Å². The number of aliphatic hydroxyl groups excluding tert-OH is 1. The van der Waals surface area contributed by atoms with E-state index in [0.29, 0.717) is 17.4 Å². The Kier molecular flexibility index (Phi) is 38.7. The van der Waals surface area contributed by atoms with E-state index in [0.717, 1.165) is 51.4 Å². The second-order valence-electron chi connectivity index (χ2n) is 17.5. The monoisotopic (exact) mass is 814 g/mol. The summed E-state index contributed by atoms with van der Waals surface area (Å²) >= 11 is 0. The Morgan fingerprint density at radius 3 is 1.38 bits per heavy atom. The molecule has 3 N–H and O–H groups in total. The molecule has 0 fully saturated rings. The number of nitrogens with one attached hydrogen (secondary N) is 1. The van der Waals surface area contributed by atoms with Crippen molar-refractivity contribution in [3.63, 3.8) is 0 Å². The number of carbonyl (C=O) groups excluding carboxylic acids is 1. The average molecular weight is 814 g/mol. The fourth-order valence-corrected chi connectivity index (χ4v) is 7.60. The van der Waals surface area contributed by atoms with Gasteiger partial charge in [0.2, 0.25) is 5.91 Å². The first kappa shape index (κ1) is 55.0.